The zero-order chi connectivity index (χ0) is 25.1. The number of amides is 4. The Labute approximate surface area is 196 Å². The fourth-order valence-electron chi connectivity index (χ4n) is 4.97. The van der Waals surface area contributed by atoms with E-state index in [-0.39, 0.29) is 24.0 Å². The maximum Gasteiger partial charge on any atom is 0.435 e. The zero-order valence-electron chi connectivity index (χ0n) is 18.3. The van der Waals surface area contributed by atoms with Crippen LogP contribution in [0.3, 0.4) is 0 Å². The van der Waals surface area contributed by atoms with Crippen molar-refractivity contribution in [2.45, 2.75) is 43.9 Å². The summed E-state index contributed by atoms with van der Waals surface area (Å²) in [6.45, 7) is 0.805. The van der Waals surface area contributed by atoms with E-state index in [2.05, 4.69) is 10.4 Å². The quantitative estimate of drug-likeness (QED) is 0.627. The third kappa shape index (κ3) is 3.80. The van der Waals surface area contributed by atoms with Gasteiger partial charge in [-0.25, -0.2) is 0 Å². The topological polar surface area (TPSA) is 131 Å². The predicted octanol–water partition coefficient (Wildman–Crippen LogP) is 1.73. The van der Waals surface area contributed by atoms with Gasteiger partial charge in [0.2, 0.25) is 11.8 Å². The molecule has 0 bridgehead atoms. The third-order valence-electron chi connectivity index (χ3n) is 6.69. The third-order valence-corrected chi connectivity index (χ3v) is 6.69. The Bertz CT molecular complexity index is 1250. The van der Waals surface area contributed by atoms with Gasteiger partial charge in [-0.2, -0.15) is 18.3 Å². The minimum absolute atomic E-state index is 0.0297. The summed E-state index contributed by atoms with van der Waals surface area (Å²) in [6, 6.07) is 3.21. The Morgan fingerprint density at radius 1 is 1.00 bits per heavy atom. The van der Waals surface area contributed by atoms with Crippen molar-refractivity contribution in [3.8, 4) is 0 Å². The van der Waals surface area contributed by atoms with Crippen molar-refractivity contribution in [3.63, 3.8) is 0 Å². The van der Waals surface area contributed by atoms with Gasteiger partial charge in [-0.15, -0.1) is 0 Å². The standard InChI is InChI=1S/C22H21F3N6O4/c23-22(24,25)18-15(26)10-27-31(18)11-5-7-29(8-6-11)12-1-2-13-14(9-12)21(35)30(20(13)34)16-3-4-17(32)28-19(16)33/h1-2,9-11,16H,3-8,26H2,(H,28,32,33). The van der Waals surface area contributed by atoms with E-state index in [1.165, 1.54) is 6.07 Å². The van der Waals surface area contributed by atoms with Crippen molar-refractivity contribution in [3.05, 3.63) is 41.2 Å². The molecule has 1 unspecified atom stereocenters. The summed E-state index contributed by atoms with van der Waals surface area (Å²) in [5.74, 6) is -2.34. The Kier molecular flexibility index (Phi) is 5.29. The minimum atomic E-state index is -4.61. The van der Waals surface area contributed by atoms with Crippen LogP contribution < -0.4 is 16.0 Å². The Morgan fingerprint density at radius 3 is 2.34 bits per heavy atom. The molecule has 0 spiro atoms. The molecule has 3 aliphatic rings. The molecule has 0 radical (unpaired) electrons. The molecule has 3 N–H and O–H groups in total. The number of anilines is 2. The van der Waals surface area contributed by atoms with Gasteiger partial charge in [-0.05, 0) is 37.5 Å². The number of benzene rings is 1. The first-order chi connectivity index (χ1) is 16.6. The molecule has 10 nitrogen and oxygen atoms in total. The lowest BCUT2D eigenvalue weighted by Gasteiger charge is -2.34. The second-order valence-corrected chi connectivity index (χ2v) is 8.79. The highest BCUT2D eigenvalue weighted by atomic mass is 19.4. The first kappa shape index (κ1) is 22.9. The zero-order valence-corrected chi connectivity index (χ0v) is 18.3. The SMILES string of the molecule is Nc1cnn(C2CCN(c3ccc4c(c3)C(=O)N(C3CCC(=O)NC3=O)C4=O)CC2)c1C(F)(F)F. The Hall–Kier alpha value is -3.90. The number of nitrogens with zero attached hydrogens (tertiary/aromatic N) is 4. The number of alkyl halides is 3. The molecule has 1 aromatic carbocycles. The van der Waals surface area contributed by atoms with Crippen LogP contribution in [0.2, 0.25) is 0 Å². The molecule has 1 aromatic heterocycles. The lowest BCUT2D eigenvalue weighted by molar-refractivity contribution is -0.144. The van der Waals surface area contributed by atoms with Crippen molar-refractivity contribution in [2.75, 3.05) is 23.7 Å². The van der Waals surface area contributed by atoms with Gasteiger partial charge in [-0.3, -0.25) is 34.1 Å². The first-order valence-electron chi connectivity index (χ1n) is 11.1. The van der Waals surface area contributed by atoms with E-state index in [0.29, 0.717) is 31.6 Å². The summed E-state index contributed by atoms with van der Waals surface area (Å²) in [7, 11) is 0. The molecule has 5 rings (SSSR count). The van der Waals surface area contributed by atoms with E-state index in [1.807, 2.05) is 4.90 Å². The molecule has 2 fully saturated rings. The molecule has 184 valence electrons. The summed E-state index contributed by atoms with van der Waals surface area (Å²) >= 11 is 0. The number of fused-ring (bicyclic) bond motifs is 1. The van der Waals surface area contributed by atoms with Crippen molar-refractivity contribution < 1.29 is 32.3 Å². The molecule has 4 heterocycles. The fraction of sp³-hybridized carbons (Fsp3) is 0.409. The van der Waals surface area contributed by atoms with Crippen LogP contribution in [0.5, 0.6) is 0 Å². The van der Waals surface area contributed by atoms with Gasteiger partial charge in [0.25, 0.3) is 11.8 Å². The number of nitrogens with one attached hydrogen (secondary N) is 1. The van der Waals surface area contributed by atoms with Gasteiger partial charge in [0.15, 0.2) is 5.69 Å². The smallest absolute Gasteiger partial charge is 0.396 e. The summed E-state index contributed by atoms with van der Waals surface area (Å²) in [5.41, 5.74) is 5.08. The molecular weight excluding hydrogens is 469 g/mol. The summed E-state index contributed by atoms with van der Waals surface area (Å²) < 4.78 is 41.1. The van der Waals surface area contributed by atoms with E-state index in [1.54, 1.807) is 12.1 Å². The molecule has 0 aliphatic carbocycles. The number of halogens is 3. The first-order valence-corrected chi connectivity index (χ1v) is 11.1. The molecular formula is C22H21F3N6O4. The average molecular weight is 490 g/mol. The van der Waals surface area contributed by atoms with Gasteiger partial charge >= 0.3 is 6.18 Å². The monoisotopic (exact) mass is 490 g/mol. The number of hydrogen-bond donors (Lipinski definition) is 2. The maximum atomic E-state index is 13.4. The van der Waals surface area contributed by atoms with Gasteiger partial charge in [-0.1, -0.05) is 0 Å². The van der Waals surface area contributed by atoms with Crippen molar-refractivity contribution in [1.29, 1.82) is 0 Å². The van der Waals surface area contributed by atoms with Crippen LogP contribution in [0.4, 0.5) is 24.5 Å². The van der Waals surface area contributed by atoms with Crippen LogP contribution in [-0.2, 0) is 15.8 Å². The van der Waals surface area contributed by atoms with E-state index in [4.69, 9.17) is 5.73 Å². The highest BCUT2D eigenvalue weighted by molar-refractivity contribution is 6.23. The summed E-state index contributed by atoms with van der Waals surface area (Å²) in [4.78, 5) is 52.3. The fourth-order valence-corrected chi connectivity index (χ4v) is 4.97. The number of imide groups is 2. The molecule has 0 saturated carbocycles. The van der Waals surface area contributed by atoms with E-state index >= 15 is 0 Å². The normalized spacial score (nSPS) is 21.5. The lowest BCUT2D eigenvalue weighted by atomic mass is 10.0. The number of aromatic nitrogens is 2. The molecule has 2 aromatic rings. The van der Waals surface area contributed by atoms with Gasteiger partial charge < -0.3 is 10.6 Å². The van der Waals surface area contributed by atoms with E-state index in [9.17, 15) is 32.3 Å². The number of piperidine rings is 2. The maximum absolute atomic E-state index is 13.4. The minimum Gasteiger partial charge on any atom is -0.396 e. The van der Waals surface area contributed by atoms with Crippen LogP contribution in [0.25, 0.3) is 0 Å². The van der Waals surface area contributed by atoms with Gasteiger partial charge in [0.05, 0.1) is 29.1 Å². The number of carbonyl (C=O) groups excluding carboxylic acids is 4. The van der Waals surface area contributed by atoms with Gasteiger partial charge in [0.1, 0.15) is 6.04 Å². The number of rotatable bonds is 3. The highest BCUT2D eigenvalue weighted by Gasteiger charge is 2.45. The number of nitrogen functional groups attached to an aromatic ring is 1. The molecule has 3 aliphatic heterocycles. The van der Waals surface area contributed by atoms with E-state index < -0.39 is 53.3 Å². The van der Waals surface area contributed by atoms with Crippen molar-refractivity contribution in [2.24, 2.45) is 0 Å². The second-order valence-electron chi connectivity index (χ2n) is 8.79. The van der Waals surface area contributed by atoms with Crippen LogP contribution in [0.1, 0.15) is 58.1 Å². The number of carbonyl (C=O) groups is 4. The van der Waals surface area contributed by atoms with Crippen LogP contribution in [0, 0.1) is 0 Å². The lowest BCUT2D eigenvalue weighted by Crippen LogP contribution is -2.54. The number of nitrogens with two attached hydrogens (primary N) is 1. The van der Waals surface area contributed by atoms with Crippen LogP contribution in [-0.4, -0.2) is 57.4 Å². The largest absolute Gasteiger partial charge is 0.435 e. The molecule has 4 amide bonds. The Balaban J connectivity index is 1.32. The van der Waals surface area contributed by atoms with E-state index in [0.717, 1.165) is 15.8 Å². The molecule has 1 atom stereocenters. The van der Waals surface area contributed by atoms with Crippen molar-refractivity contribution in [1.82, 2.24) is 20.0 Å². The summed E-state index contributed by atoms with van der Waals surface area (Å²) in [6.07, 6.45) is -2.77. The molecule has 13 heteroatoms. The molecule has 2 saturated heterocycles. The van der Waals surface area contributed by atoms with Crippen LogP contribution in [0.15, 0.2) is 24.4 Å². The van der Waals surface area contributed by atoms with Gasteiger partial charge in [0, 0.05) is 25.2 Å². The number of hydrogen-bond acceptors (Lipinski definition) is 7. The average Bonchev–Trinajstić information content (AvgIpc) is 3.32. The highest BCUT2D eigenvalue weighted by Crippen LogP contribution is 2.38. The Morgan fingerprint density at radius 2 is 1.69 bits per heavy atom. The second kappa shape index (κ2) is 8.10. The molecule has 35 heavy (non-hydrogen) atoms. The summed E-state index contributed by atoms with van der Waals surface area (Å²) in [5, 5.41) is 6.00. The van der Waals surface area contributed by atoms with Crippen LogP contribution >= 0.6 is 0 Å². The predicted molar refractivity (Wildman–Crippen MR) is 115 cm³/mol. The van der Waals surface area contributed by atoms with Crippen molar-refractivity contribution >= 4 is 35.0 Å².